The van der Waals surface area contributed by atoms with Crippen molar-refractivity contribution in [2.24, 2.45) is 0 Å². The van der Waals surface area contributed by atoms with E-state index in [4.69, 9.17) is 23.3 Å². The van der Waals surface area contributed by atoms with Crippen molar-refractivity contribution < 1.29 is 47.0 Å². The molecule has 3 amide bonds. The standard InChI is InChI=1S/C31H43BrN3O10P/c1-5-44-46(40,45-6-2)22-29(37)35(3)19-28(36)34-25(21-42-27-18-24(32)15-16-26(27)30(38)41-4)14-10-11-17-33-31(39)43-20-23-12-8-7-9-13-23/h7-9,12-13,15-16,18,25H,5-6,10-11,14,17,19-22H2,1-4H3,(H,33,39)(H,34,36)/t25-/m0/s1. The monoisotopic (exact) mass is 727 g/mol. The molecule has 0 saturated carbocycles. The zero-order valence-electron chi connectivity index (χ0n) is 26.6. The van der Waals surface area contributed by atoms with Crippen molar-refractivity contribution >= 4 is 47.4 Å². The molecule has 1 atom stereocenters. The van der Waals surface area contributed by atoms with E-state index < -0.39 is 43.7 Å². The minimum atomic E-state index is -3.64. The van der Waals surface area contributed by atoms with Crippen LogP contribution in [0.1, 0.15) is 49.0 Å². The zero-order chi connectivity index (χ0) is 34.0. The number of likely N-dealkylation sites (N-methyl/N-ethyl adjacent to an activating group) is 1. The summed E-state index contributed by atoms with van der Waals surface area (Å²) in [4.78, 5) is 51.2. The molecular formula is C31H43BrN3O10P. The van der Waals surface area contributed by atoms with Crippen LogP contribution < -0.4 is 15.4 Å². The Kier molecular flexibility index (Phi) is 17.4. The summed E-state index contributed by atoms with van der Waals surface area (Å²) in [7, 11) is -0.952. The lowest BCUT2D eigenvalue weighted by Gasteiger charge is -2.24. The second-order valence-electron chi connectivity index (χ2n) is 10.0. The molecule has 2 N–H and O–H groups in total. The fourth-order valence-corrected chi connectivity index (χ4v) is 6.10. The molecule has 0 aliphatic heterocycles. The van der Waals surface area contributed by atoms with Crippen LogP contribution in [0.25, 0.3) is 0 Å². The van der Waals surface area contributed by atoms with Crippen LogP contribution in [0.4, 0.5) is 4.79 Å². The Bertz CT molecular complexity index is 1320. The molecule has 0 unspecified atom stereocenters. The minimum absolute atomic E-state index is 0.000274. The minimum Gasteiger partial charge on any atom is -0.491 e. The number of carbonyl (C=O) groups is 4. The third-order valence-corrected chi connectivity index (χ3v) is 8.86. The highest BCUT2D eigenvalue weighted by Gasteiger charge is 2.30. The van der Waals surface area contributed by atoms with Gasteiger partial charge in [0.15, 0.2) is 0 Å². The number of nitrogens with zero attached hydrogens (tertiary/aromatic N) is 1. The van der Waals surface area contributed by atoms with E-state index in [9.17, 15) is 23.7 Å². The van der Waals surface area contributed by atoms with Crippen LogP contribution in [0.5, 0.6) is 5.75 Å². The fourth-order valence-electron chi connectivity index (χ4n) is 4.15. The maximum atomic E-state index is 13.0. The average Bonchev–Trinajstić information content (AvgIpc) is 3.02. The highest BCUT2D eigenvalue weighted by molar-refractivity contribution is 9.10. The molecule has 0 spiro atoms. The summed E-state index contributed by atoms with van der Waals surface area (Å²) in [5, 5.41) is 5.58. The first-order chi connectivity index (χ1) is 22.0. The van der Waals surface area contributed by atoms with Crippen molar-refractivity contribution in [2.75, 3.05) is 53.2 Å². The van der Waals surface area contributed by atoms with Gasteiger partial charge in [0, 0.05) is 18.1 Å². The van der Waals surface area contributed by atoms with E-state index in [1.807, 2.05) is 30.3 Å². The summed E-state index contributed by atoms with van der Waals surface area (Å²) in [6.07, 6.45) is 0.601. The number of benzene rings is 2. The van der Waals surface area contributed by atoms with Gasteiger partial charge in [-0.3, -0.25) is 14.2 Å². The van der Waals surface area contributed by atoms with Crippen molar-refractivity contribution in [2.45, 2.75) is 45.8 Å². The Balaban J connectivity index is 1.98. The van der Waals surface area contributed by atoms with Gasteiger partial charge in [0.2, 0.25) is 11.8 Å². The van der Waals surface area contributed by atoms with Gasteiger partial charge >= 0.3 is 19.7 Å². The molecule has 46 heavy (non-hydrogen) atoms. The molecular weight excluding hydrogens is 685 g/mol. The van der Waals surface area contributed by atoms with Gasteiger partial charge in [-0.05, 0) is 56.9 Å². The molecule has 13 nitrogen and oxygen atoms in total. The van der Waals surface area contributed by atoms with E-state index in [0.717, 1.165) is 10.5 Å². The summed E-state index contributed by atoms with van der Waals surface area (Å²) in [6.45, 7) is 3.70. The van der Waals surface area contributed by atoms with Crippen molar-refractivity contribution in [3.63, 3.8) is 0 Å². The second kappa shape index (κ2) is 20.6. The van der Waals surface area contributed by atoms with Crippen LogP contribution >= 0.6 is 23.5 Å². The first kappa shape index (κ1) is 38.7. The van der Waals surface area contributed by atoms with Crippen molar-refractivity contribution in [1.82, 2.24) is 15.5 Å². The Labute approximate surface area is 278 Å². The van der Waals surface area contributed by atoms with Crippen molar-refractivity contribution in [3.8, 4) is 5.75 Å². The molecule has 0 bridgehead atoms. The molecule has 254 valence electrons. The third-order valence-electron chi connectivity index (χ3n) is 6.40. The van der Waals surface area contributed by atoms with Gasteiger partial charge in [0.25, 0.3) is 0 Å². The van der Waals surface area contributed by atoms with E-state index in [1.54, 1.807) is 32.0 Å². The van der Waals surface area contributed by atoms with Crippen molar-refractivity contribution in [1.29, 1.82) is 0 Å². The maximum absolute atomic E-state index is 13.0. The van der Waals surface area contributed by atoms with Gasteiger partial charge in [-0.25, -0.2) is 9.59 Å². The van der Waals surface area contributed by atoms with Crippen molar-refractivity contribution in [3.05, 3.63) is 64.1 Å². The van der Waals surface area contributed by atoms with E-state index in [-0.39, 0.29) is 44.3 Å². The number of hydrogen-bond acceptors (Lipinski definition) is 10. The van der Waals surface area contributed by atoms with E-state index >= 15 is 0 Å². The van der Waals surface area contributed by atoms with Gasteiger partial charge in [-0.2, -0.15) is 0 Å². The Morgan fingerprint density at radius 1 is 1.00 bits per heavy atom. The summed E-state index contributed by atoms with van der Waals surface area (Å²) < 4.78 is 39.9. The molecule has 0 aromatic heterocycles. The lowest BCUT2D eigenvalue weighted by Crippen LogP contribution is -2.45. The number of unbranched alkanes of at least 4 members (excludes halogenated alkanes) is 1. The molecule has 15 heteroatoms. The average molecular weight is 729 g/mol. The van der Waals surface area contributed by atoms with Gasteiger partial charge in [-0.15, -0.1) is 0 Å². The Morgan fingerprint density at radius 3 is 2.35 bits per heavy atom. The van der Waals surface area contributed by atoms with E-state index in [2.05, 4.69) is 26.6 Å². The SMILES string of the molecule is CCOP(=O)(CC(=O)N(C)CC(=O)N[C@@H](CCCCNC(=O)OCc1ccccc1)COc1cc(Br)ccc1C(=O)OC)OCC. The lowest BCUT2D eigenvalue weighted by atomic mass is 10.1. The van der Waals surface area contributed by atoms with Crippen LogP contribution in [-0.4, -0.2) is 88.0 Å². The molecule has 2 rings (SSSR count). The highest BCUT2D eigenvalue weighted by Crippen LogP contribution is 2.47. The molecule has 0 aliphatic carbocycles. The predicted molar refractivity (Wildman–Crippen MR) is 175 cm³/mol. The summed E-state index contributed by atoms with van der Waals surface area (Å²) in [6, 6.07) is 13.7. The zero-order valence-corrected chi connectivity index (χ0v) is 29.1. The first-order valence-corrected chi connectivity index (χ1v) is 17.4. The summed E-state index contributed by atoms with van der Waals surface area (Å²) in [5.41, 5.74) is 1.09. The van der Waals surface area contributed by atoms with E-state index in [0.29, 0.717) is 30.3 Å². The van der Waals surface area contributed by atoms with Crippen LogP contribution in [0, 0.1) is 0 Å². The Hall–Kier alpha value is -3.45. The fraction of sp³-hybridized carbons (Fsp3) is 0.484. The summed E-state index contributed by atoms with van der Waals surface area (Å²) >= 11 is 3.37. The van der Waals surface area contributed by atoms with Crippen LogP contribution in [0.15, 0.2) is 53.0 Å². The predicted octanol–water partition coefficient (Wildman–Crippen LogP) is 4.92. The smallest absolute Gasteiger partial charge is 0.407 e. The second-order valence-corrected chi connectivity index (χ2v) is 13.0. The third kappa shape index (κ3) is 14.3. The topological polar surface area (TPSA) is 159 Å². The first-order valence-electron chi connectivity index (χ1n) is 14.9. The number of alkyl carbamates (subject to hydrolysis) is 1. The maximum Gasteiger partial charge on any atom is 0.407 e. The van der Waals surface area contributed by atoms with Crippen LogP contribution in [-0.2, 0) is 39.3 Å². The number of carbonyl (C=O) groups excluding carboxylic acids is 4. The Morgan fingerprint density at radius 2 is 1.70 bits per heavy atom. The molecule has 0 fully saturated rings. The molecule has 0 radical (unpaired) electrons. The molecule has 2 aromatic carbocycles. The van der Waals surface area contributed by atoms with Crippen LogP contribution in [0.3, 0.4) is 0 Å². The number of rotatable bonds is 20. The van der Waals surface area contributed by atoms with Gasteiger partial charge < -0.3 is 38.8 Å². The number of hydrogen-bond donors (Lipinski definition) is 2. The van der Waals surface area contributed by atoms with Gasteiger partial charge in [0.1, 0.15) is 30.7 Å². The quantitative estimate of drug-likeness (QED) is 0.109. The normalized spacial score (nSPS) is 11.7. The highest BCUT2D eigenvalue weighted by atomic mass is 79.9. The number of nitrogens with one attached hydrogen (secondary N) is 2. The number of ether oxygens (including phenoxy) is 3. The summed E-state index contributed by atoms with van der Waals surface area (Å²) in [5.74, 6) is -1.37. The molecule has 0 heterocycles. The van der Waals surface area contributed by atoms with Gasteiger partial charge in [0.05, 0.1) is 32.9 Å². The lowest BCUT2D eigenvalue weighted by molar-refractivity contribution is -0.133. The number of halogens is 1. The van der Waals surface area contributed by atoms with Crippen LogP contribution in [0.2, 0.25) is 0 Å². The van der Waals surface area contributed by atoms with Gasteiger partial charge in [-0.1, -0.05) is 46.3 Å². The molecule has 0 saturated heterocycles. The number of methoxy groups -OCH3 is 1. The largest absolute Gasteiger partial charge is 0.491 e. The molecule has 0 aliphatic rings. The number of esters is 1. The molecule has 2 aromatic rings. The van der Waals surface area contributed by atoms with E-state index in [1.165, 1.54) is 14.2 Å². The number of amides is 3.